The maximum absolute atomic E-state index is 12.7. The first-order valence-corrected chi connectivity index (χ1v) is 8.97. The van der Waals surface area contributed by atoms with Crippen molar-refractivity contribution in [2.24, 2.45) is 11.1 Å². The third-order valence-corrected chi connectivity index (χ3v) is 4.85. The summed E-state index contributed by atoms with van der Waals surface area (Å²) in [5, 5.41) is 2.92. The Bertz CT molecular complexity index is 740. The van der Waals surface area contributed by atoms with E-state index in [-0.39, 0.29) is 5.91 Å². The molecule has 0 saturated carbocycles. The summed E-state index contributed by atoms with van der Waals surface area (Å²) in [6.45, 7) is 3.53. The van der Waals surface area contributed by atoms with Gasteiger partial charge in [-0.15, -0.1) is 0 Å². The van der Waals surface area contributed by atoms with Gasteiger partial charge in [0.15, 0.2) is 0 Å². The number of benzene rings is 1. The molecule has 1 aromatic carbocycles. The second-order valence-corrected chi connectivity index (χ2v) is 6.54. The predicted octanol–water partition coefficient (Wildman–Crippen LogP) is 3.13. The molecule has 1 aromatic heterocycles. The quantitative estimate of drug-likeness (QED) is 0.831. The van der Waals surface area contributed by atoms with E-state index in [0.717, 1.165) is 12.2 Å². The Hall–Kier alpha value is -2.44. The van der Waals surface area contributed by atoms with Crippen molar-refractivity contribution in [2.45, 2.75) is 26.2 Å². The van der Waals surface area contributed by atoms with Crippen molar-refractivity contribution in [3.8, 4) is 11.6 Å². The van der Waals surface area contributed by atoms with Crippen LogP contribution < -0.4 is 15.8 Å². The Kier molecular flexibility index (Phi) is 5.85. The van der Waals surface area contributed by atoms with Gasteiger partial charge in [0, 0.05) is 25.8 Å². The van der Waals surface area contributed by atoms with Crippen LogP contribution in [0.4, 0.5) is 5.69 Å². The first kappa shape index (κ1) is 18.4. The Morgan fingerprint density at radius 2 is 2.12 bits per heavy atom. The average molecular weight is 355 g/mol. The van der Waals surface area contributed by atoms with Crippen LogP contribution in [0.25, 0.3) is 0 Å². The molecule has 3 N–H and O–H groups in total. The summed E-state index contributed by atoms with van der Waals surface area (Å²) < 4.78 is 11.1. The molecule has 2 aromatic rings. The molecule has 1 amide bonds. The summed E-state index contributed by atoms with van der Waals surface area (Å²) >= 11 is 0. The number of rotatable bonds is 6. The summed E-state index contributed by atoms with van der Waals surface area (Å²) in [6, 6.07) is 11.4. The van der Waals surface area contributed by atoms with Crippen molar-refractivity contribution in [1.29, 1.82) is 0 Å². The summed E-state index contributed by atoms with van der Waals surface area (Å²) in [5.41, 5.74) is 7.15. The number of carbonyl (C=O) groups excluding carboxylic acids is 1. The number of nitrogens with zero attached hydrogens (tertiary/aromatic N) is 1. The van der Waals surface area contributed by atoms with Crippen LogP contribution in [0.1, 0.15) is 25.3 Å². The fourth-order valence-corrected chi connectivity index (χ4v) is 3.01. The second kappa shape index (κ2) is 8.29. The van der Waals surface area contributed by atoms with Gasteiger partial charge in [-0.3, -0.25) is 4.79 Å². The van der Waals surface area contributed by atoms with Crippen LogP contribution in [0.2, 0.25) is 0 Å². The number of carbonyl (C=O) groups is 1. The highest BCUT2D eigenvalue weighted by atomic mass is 16.5. The van der Waals surface area contributed by atoms with Crippen LogP contribution in [0, 0.1) is 5.41 Å². The highest BCUT2D eigenvalue weighted by molar-refractivity contribution is 5.95. The highest BCUT2D eigenvalue weighted by Gasteiger charge is 2.38. The van der Waals surface area contributed by atoms with Crippen LogP contribution in [0.5, 0.6) is 11.6 Å². The minimum Gasteiger partial charge on any atom is -0.439 e. The van der Waals surface area contributed by atoms with Gasteiger partial charge in [0.05, 0.1) is 17.3 Å². The normalized spacial score (nSPS) is 16.1. The lowest BCUT2D eigenvalue weighted by Gasteiger charge is -2.34. The Morgan fingerprint density at radius 1 is 1.31 bits per heavy atom. The molecule has 6 heteroatoms. The molecule has 0 radical (unpaired) electrons. The zero-order chi connectivity index (χ0) is 18.4. The largest absolute Gasteiger partial charge is 0.439 e. The molecule has 1 aliphatic heterocycles. The number of anilines is 1. The Labute approximate surface area is 153 Å². The zero-order valence-corrected chi connectivity index (χ0v) is 15.0. The number of ether oxygens (including phenoxy) is 2. The highest BCUT2D eigenvalue weighted by Crippen LogP contribution is 2.31. The van der Waals surface area contributed by atoms with Crippen molar-refractivity contribution in [3.05, 3.63) is 48.2 Å². The number of nitrogens with two attached hydrogens (primary N) is 1. The van der Waals surface area contributed by atoms with E-state index >= 15 is 0 Å². The van der Waals surface area contributed by atoms with Crippen LogP contribution in [0.15, 0.2) is 42.6 Å². The fraction of sp³-hybridized carbons (Fsp3) is 0.400. The molecule has 1 fully saturated rings. The second-order valence-electron chi connectivity index (χ2n) is 6.54. The third-order valence-electron chi connectivity index (χ3n) is 4.85. The van der Waals surface area contributed by atoms with Crippen LogP contribution in [0.3, 0.4) is 0 Å². The molecule has 0 atom stereocenters. The van der Waals surface area contributed by atoms with E-state index in [9.17, 15) is 4.79 Å². The number of aromatic nitrogens is 1. The van der Waals surface area contributed by atoms with Crippen molar-refractivity contribution in [1.82, 2.24) is 4.98 Å². The topological polar surface area (TPSA) is 86.5 Å². The number of amides is 1. The predicted molar refractivity (Wildman–Crippen MR) is 100 cm³/mol. The van der Waals surface area contributed by atoms with Gasteiger partial charge in [0.1, 0.15) is 5.75 Å². The number of hydrogen-bond donors (Lipinski definition) is 2. The van der Waals surface area contributed by atoms with Crippen LogP contribution >= 0.6 is 0 Å². The van der Waals surface area contributed by atoms with Gasteiger partial charge >= 0.3 is 0 Å². The van der Waals surface area contributed by atoms with Crippen LogP contribution in [-0.4, -0.2) is 30.6 Å². The number of pyridine rings is 1. The molecule has 0 aliphatic carbocycles. The molecular weight excluding hydrogens is 330 g/mol. The standard InChI is InChI=1S/C20H25N3O3/c1-2-15-4-3-5-17(12-15)26-18-7-6-16(13-22-18)23-19(24)20(14-21)8-10-25-11-9-20/h3-7,12-13H,2,8-11,14,21H2,1H3,(H,23,24). The first-order valence-electron chi connectivity index (χ1n) is 8.97. The van der Waals surface area contributed by atoms with E-state index < -0.39 is 5.41 Å². The van der Waals surface area contributed by atoms with Gasteiger partial charge in [-0.1, -0.05) is 19.1 Å². The van der Waals surface area contributed by atoms with Crippen molar-refractivity contribution < 1.29 is 14.3 Å². The van der Waals surface area contributed by atoms with Gasteiger partial charge < -0.3 is 20.5 Å². The number of aryl methyl sites for hydroxylation is 1. The van der Waals surface area contributed by atoms with Crippen molar-refractivity contribution >= 4 is 11.6 Å². The van der Waals surface area contributed by atoms with Crippen LogP contribution in [-0.2, 0) is 16.0 Å². The lowest BCUT2D eigenvalue weighted by molar-refractivity contribution is -0.130. The van der Waals surface area contributed by atoms with Crippen molar-refractivity contribution in [2.75, 3.05) is 25.1 Å². The molecule has 0 spiro atoms. The lowest BCUT2D eigenvalue weighted by atomic mass is 9.79. The van der Waals surface area contributed by atoms with E-state index in [4.69, 9.17) is 15.2 Å². The van der Waals surface area contributed by atoms with Gasteiger partial charge in [-0.05, 0) is 43.0 Å². The molecule has 6 nitrogen and oxygen atoms in total. The van der Waals surface area contributed by atoms with E-state index in [1.807, 2.05) is 18.2 Å². The first-order chi connectivity index (χ1) is 12.6. The van der Waals surface area contributed by atoms with E-state index in [0.29, 0.717) is 44.2 Å². The van der Waals surface area contributed by atoms with Gasteiger partial charge in [-0.25, -0.2) is 4.98 Å². The molecule has 138 valence electrons. The number of hydrogen-bond acceptors (Lipinski definition) is 5. The summed E-state index contributed by atoms with van der Waals surface area (Å²) in [6.07, 6.45) is 3.82. The zero-order valence-electron chi connectivity index (χ0n) is 15.0. The molecule has 26 heavy (non-hydrogen) atoms. The summed E-state index contributed by atoms with van der Waals surface area (Å²) in [4.78, 5) is 16.9. The molecule has 1 aliphatic rings. The molecule has 2 heterocycles. The minimum atomic E-state index is -0.561. The Morgan fingerprint density at radius 3 is 2.77 bits per heavy atom. The maximum Gasteiger partial charge on any atom is 0.232 e. The summed E-state index contributed by atoms with van der Waals surface area (Å²) in [7, 11) is 0. The van der Waals surface area contributed by atoms with Crippen molar-refractivity contribution in [3.63, 3.8) is 0 Å². The monoisotopic (exact) mass is 355 g/mol. The maximum atomic E-state index is 12.7. The molecule has 0 unspecified atom stereocenters. The molecule has 3 rings (SSSR count). The Balaban J connectivity index is 1.64. The van der Waals surface area contributed by atoms with Gasteiger partial charge in [0.2, 0.25) is 11.8 Å². The molecule has 0 bridgehead atoms. The lowest BCUT2D eigenvalue weighted by Crippen LogP contribution is -2.46. The minimum absolute atomic E-state index is 0.0746. The third kappa shape index (κ3) is 4.20. The number of nitrogens with one attached hydrogen (secondary N) is 1. The van der Waals surface area contributed by atoms with E-state index in [1.54, 1.807) is 18.3 Å². The fourth-order valence-electron chi connectivity index (χ4n) is 3.01. The average Bonchev–Trinajstić information content (AvgIpc) is 2.70. The van der Waals surface area contributed by atoms with Gasteiger partial charge in [-0.2, -0.15) is 0 Å². The van der Waals surface area contributed by atoms with Gasteiger partial charge in [0.25, 0.3) is 0 Å². The summed E-state index contributed by atoms with van der Waals surface area (Å²) in [5.74, 6) is 1.16. The van der Waals surface area contributed by atoms with E-state index in [2.05, 4.69) is 23.3 Å². The SMILES string of the molecule is CCc1cccc(Oc2ccc(NC(=O)C3(CN)CCOCC3)cn2)c1. The smallest absolute Gasteiger partial charge is 0.232 e. The molecular formula is C20H25N3O3. The molecule has 1 saturated heterocycles. The van der Waals surface area contributed by atoms with E-state index in [1.165, 1.54) is 5.56 Å².